The van der Waals surface area contributed by atoms with Crippen LogP contribution in [0.25, 0.3) is 10.2 Å². The molecule has 5 rings (SSSR count). The number of thiazole rings is 1. The van der Waals surface area contributed by atoms with Crippen molar-refractivity contribution >= 4 is 27.6 Å². The average Bonchev–Trinajstić information content (AvgIpc) is 3.20. The van der Waals surface area contributed by atoms with E-state index in [-0.39, 0.29) is 6.04 Å². The SMILES string of the molecule is NC(=O)N[C@@H]1C[C@H]2CC[C@@H](C1)N2Cc1ccc(Oc2nc3ccncc3s2)cc1. The first-order valence-corrected chi connectivity index (χ1v) is 10.7. The van der Waals surface area contributed by atoms with Gasteiger partial charge in [0.1, 0.15) is 5.75 Å². The summed E-state index contributed by atoms with van der Waals surface area (Å²) in [5.41, 5.74) is 7.47. The van der Waals surface area contributed by atoms with Gasteiger partial charge in [0.05, 0.1) is 10.2 Å². The van der Waals surface area contributed by atoms with Gasteiger partial charge < -0.3 is 15.8 Å². The van der Waals surface area contributed by atoms with Gasteiger partial charge in [-0.25, -0.2) is 9.78 Å². The molecule has 8 heteroatoms. The van der Waals surface area contributed by atoms with E-state index in [4.69, 9.17) is 10.5 Å². The van der Waals surface area contributed by atoms with Gasteiger partial charge in [-0.15, -0.1) is 0 Å². The Kier molecular flexibility index (Phi) is 4.81. The summed E-state index contributed by atoms with van der Waals surface area (Å²) in [6, 6.07) is 11.0. The largest absolute Gasteiger partial charge is 0.431 e. The van der Waals surface area contributed by atoms with E-state index in [1.807, 2.05) is 18.2 Å². The number of primary amides is 1. The molecule has 2 amide bonds. The van der Waals surface area contributed by atoms with Crippen LogP contribution >= 0.6 is 11.3 Å². The number of fused-ring (bicyclic) bond motifs is 3. The van der Waals surface area contributed by atoms with E-state index in [2.05, 4.69) is 32.3 Å². The van der Waals surface area contributed by atoms with E-state index in [0.717, 1.165) is 35.4 Å². The molecule has 150 valence electrons. The van der Waals surface area contributed by atoms with Crippen LogP contribution in [0.4, 0.5) is 4.79 Å². The molecular weight excluding hydrogens is 386 g/mol. The summed E-state index contributed by atoms with van der Waals surface area (Å²) in [5.74, 6) is 0.785. The van der Waals surface area contributed by atoms with Crippen LogP contribution in [0.2, 0.25) is 0 Å². The van der Waals surface area contributed by atoms with E-state index >= 15 is 0 Å². The van der Waals surface area contributed by atoms with Crippen molar-refractivity contribution in [3.8, 4) is 10.9 Å². The van der Waals surface area contributed by atoms with Crippen LogP contribution in [0.3, 0.4) is 0 Å². The number of rotatable bonds is 5. The summed E-state index contributed by atoms with van der Waals surface area (Å²) in [4.78, 5) is 22.4. The third kappa shape index (κ3) is 3.90. The number of nitrogens with zero attached hydrogens (tertiary/aromatic N) is 3. The highest BCUT2D eigenvalue weighted by atomic mass is 32.1. The smallest absolute Gasteiger partial charge is 0.312 e. The molecule has 3 aromatic rings. The molecule has 3 N–H and O–H groups in total. The minimum Gasteiger partial charge on any atom is -0.431 e. The van der Waals surface area contributed by atoms with E-state index in [0.29, 0.717) is 17.3 Å². The van der Waals surface area contributed by atoms with Crippen LogP contribution < -0.4 is 15.8 Å². The van der Waals surface area contributed by atoms with E-state index in [1.165, 1.54) is 29.7 Å². The van der Waals surface area contributed by atoms with Gasteiger partial charge in [0, 0.05) is 37.1 Å². The second-order valence-electron chi connectivity index (χ2n) is 7.80. The van der Waals surface area contributed by atoms with Crippen molar-refractivity contribution in [1.29, 1.82) is 0 Å². The lowest BCUT2D eigenvalue weighted by molar-refractivity contribution is 0.112. The van der Waals surface area contributed by atoms with Gasteiger partial charge in [-0.2, -0.15) is 0 Å². The number of benzene rings is 1. The molecule has 0 saturated carbocycles. The van der Waals surface area contributed by atoms with Crippen molar-refractivity contribution in [2.75, 3.05) is 0 Å². The zero-order valence-electron chi connectivity index (χ0n) is 16.0. The number of ether oxygens (including phenoxy) is 1. The third-order valence-electron chi connectivity index (χ3n) is 5.90. The molecule has 2 saturated heterocycles. The molecule has 2 fully saturated rings. The summed E-state index contributed by atoms with van der Waals surface area (Å²) >= 11 is 1.50. The summed E-state index contributed by atoms with van der Waals surface area (Å²) < 4.78 is 6.95. The molecule has 0 unspecified atom stereocenters. The van der Waals surface area contributed by atoms with Gasteiger partial charge >= 0.3 is 6.03 Å². The molecule has 0 radical (unpaired) electrons. The molecule has 1 aromatic carbocycles. The lowest BCUT2D eigenvalue weighted by Crippen LogP contribution is -2.51. The Bertz CT molecular complexity index is 974. The summed E-state index contributed by atoms with van der Waals surface area (Å²) in [6.07, 6.45) is 7.88. The molecule has 2 aliphatic rings. The minimum absolute atomic E-state index is 0.209. The van der Waals surface area contributed by atoms with Crippen molar-refractivity contribution in [2.24, 2.45) is 5.73 Å². The topological polar surface area (TPSA) is 93.4 Å². The van der Waals surface area contributed by atoms with Crippen LogP contribution in [-0.2, 0) is 6.54 Å². The molecule has 2 aromatic heterocycles. The third-order valence-corrected chi connectivity index (χ3v) is 6.78. The van der Waals surface area contributed by atoms with Crippen LogP contribution in [0.1, 0.15) is 31.2 Å². The first kappa shape index (κ1) is 18.3. The first-order chi connectivity index (χ1) is 14.1. The van der Waals surface area contributed by atoms with Gasteiger partial charge in [0.25, 0.3) is 5.19 Å². The number of pyridine rings is 1. The number of aromatic nitrogens is 2. The fraction of sp³-hybridized carbons (Fsp3) is 0.381. The standard InChI is InChI=1S/C21H23N5O2S/c22-20(27)24-14-9-15-3-4-16(10-14)26(15)12-13-1-5-17(6-2-13)28-21-25-18-7-8-23-11-19(18)29-21/h1-2,5-8,11,14-16H,3-4,9-10,12H2,(H3,22,24,27)/t14-,15-,16+. The molecule has 2 aliphatic heterocycles. The number of hydrogen-bond donors (Lipinski definition) is 2. The quantitative estimate of drug-likeness (QED) is 0.671. The fourth-order valence-electron chi connectivity index (χ4n) is 4.63. The fourth-order valence-corrected chi connectivity index (χ4v) is 5.43. The predicted molar refractivity (Wildman–Crippen MR) is 112 cm³/mol. The molecule has 0 aliphatic carbocycles. The highest BCUT2D eigenvalue weighted by Crippen LogP contribution is 2.37. The van der Waals surface area contributed by atoms with Gasteiger partial charge in [-0.05, 0) is 49.4 Å². The number of nitrogens with two attached hydrogens (primary N) is 1. The highest BCUT2D eigenvalue weighted by molar-refractivity contribution is 7.20. The van der Waals surface area contributed by atoms with Gasteiger partial charge in [-0.3, -0.25) is 9.88 Å². The van der Waals surface area contributed by atoms with Crippen LogP contribution in [-0.4, -0.2) is 39.0 Å². The minimum atomic E-state index is -0.414. The van der Waals surface area contributed by atoms with E-state index in [9.17, 15) is 4.79 Å². The summed E-state index contributed by atoms with van der Waals surface area (Å²) in [7, 11) is 0. The second kappa shape index (κ2) is 7.61. The zero-order valence-corrected chi connectivity index (χ0v) is 16.8. The van der Waals surface area contributed by atoms with Crippen molar-refractivity contribution < 1.29 is 9.53 Å². The van der Waals surface area contributed by atoms with Gasteiger partial charge in [0.2, 0.25) is 0 Å². The molecule has 2 bridgehead atoms. The van der Waals surface area contributed by atoms with Crippen molar-refractivity contribution in [3.05, 3.63) is 48.3 Å². The number of carbonyl (C=O) groups excluding carboxylic acids is 1. The average molecular weight is 410 g/mol. The Balaban J connectivity index is 1.22. The number of urea groups is 1. The normalized spacial score (nSPS) is 23.9. The number of carbonyl (C=O) groups is 1. The maximum atomic E-state index is 11.2. The maximum Gasteiger partial charge on any atom is 0.312 e. The first-order valence-electron chi connectivity index (χ1n) is 9.93. The van der Waals surface area contributed by atoms with Crippen molar-refractivity contribution in [3.63, 3.8) is 0 Å². The van der Waals surface area contributed by atoms with Crippen LogP contribution in [0.5, 0.6) is 10.9 Å². The lowest BCUT2D eigenvalue weighted by atomic mass is 9.96. The van der Waals surface area contributed by atoms with E-state index < -0.39 is 6.03 Å². The monoisotopic (exact) mass is 409 g/mol. The molecule has 29 heavy (non-hydrogen) atoms. The molecule has 3 atom stereocenters. The van der Waals surface area contributed by atoms with Crippen LogP contribution in [0.15, 0.2) is 42.7 Å². The van der Waals surface area contributed by atoms with Gasteiger partial charge in [0.15, 0.2) is 0 Å². The molecular formula is C21H23N5O2S. The summed E-state index contributed by atoms with van der Waals surface area (Å²) in [6.45, 7) is 0.922. The second-order valence-corrected chi connectivity index (χ2v) is 8.80. The Hall–Kier alpha value is -2.71. The number of amides is 2. The van der Waals surface area contributed by atoms with Crippen molar-refractivity contribution in [1.82, 2.24) is 20.2 Å². The van der Waals surface area contributed by atoms with Crippen LogP contribution in [0, 0.1) is 0 Å². The van der Waals surface area contributed by atoms with Gasteiger partial charge in [-0.1, -0.05) is 23.5 Å². The predicted octanol–water partition coefficient (Wildman–Crippen LogP) is 3.65. The summed E-state index contributed by atoms with van der Waals surface area (Å²) in [5, 5.41) is 3.52. The number of piperidine rings is 1. The highest BCUT2D eigenvalue weighted by Gasteiger charge is 2.40. The number of nitrogens with one attached hydrogen (secondary N) is 1. The zero-order chi connectivity index (χ0) is 19.8. The molecule has 0 spiro atoms. The lowest BCUT2D eigenvalue weighted by Gasteiger charge is -2.39. The Morgan fingerprint density at radius 3 is 2.66 bits per heavy atom. The Morgan fingerprint density at radius 2 is 1.97 bits per heavy atom. The maximum absolute atomic E-state index is 11.2. The Morgan fingerprint density at radius 1 is 1.21 bits per heavy atom. The van der Waals surface area contributed by atoms with E-state index in [1.54, 1.807) is 12.4 Å². The molecule has 7 nitrogen and oxygen atoms in total. The van der Waals surface area contributed by atoms with Crippen molar-refractivity contribution in [2.45, 2.75) is 50.4 Å². The molecule has 4 heterocycles. The Labute approximate surface area is 172 Å². The number of hydrogen-bond acceptors (Lipinski definition) is 6.